The number of pyridine rings is 1. The molecule has 0 bridgehead atoms. The zero-order chi connectivity index (χ0) is 10.7. The fourth-order valence-corrected chi connectivity index (χ4v) is 1.65. The Morgan fingerprint density at radius 2 is 2.33 bits per heavy atom. The van der Waals surface area contributed by atoms with Crippen LogP contribution in [-0.2, 0) is 6.54 Å². The van der Waals surface area contributed by atoms with Gasteiger partial charge in [-0.1, -0.05) is 0 Å². The molecule has 0 aromatic carbocycles. The monoisotopic (exact) mass is 201 g/mol. The Bertz CT molecular complexity index is 431. The van der Waals surface area contributed by atoms with Crippen molar-refractivity contribution >= 4 is 0 Å². The molecule has 2 N–H and O–H groups in total. The number of nitrogens with one attached hydrogen (secondary N) is 2. The van der Waals surface area contributed by atoms with Crippen molar-refractivity contribution in [2.24, 2.45) is 0 Å². The van der Waals surface area contributed by atoms with Crippen LogP contribution in [0.2, 0.25) is 0 Å². The lowest BCUT2D eigenvalue weighted by Crippen LogP contribution is -2.04. The summed E-state index contributed by atoms with van der Waals surface area (Å²) in [6.07, 6.45) is 3.65. The van der Waals surface area contributed by atoms with Gasteiger partial charge in [-0.2, -0.15) is 0 Å². The molecule has 0 aliphatic heterocycles. The molecule has 0 unspecified atom stereocenters. The van der Waals surface area contributed by atoms with Crippen molar-refractivity contribution in [2.75, 3.05) is 7.05 Å². The Balaban J connectivity index is 2.34. The summed E-state index contributed by atoms with van der Waals surface area (Å²) in [7, 11) is 1.95. The normalized spacial score (nSPS) is 10.5. The molecule has 0 amide bonds. The first-order valence-corrected chi connectivity index (χ1v) is 5.04. The highest BCUT2D eigenvalue weighted by Gasteiger charge is 2.05. The number of rotatable bonds is 3. The second kappa shape index (κ2) is 4.28. The number of hydrogen-bond donors (Lipinski definition) is 2. The van der Waals surface area contributed by atoms with Crippen molar-refractivity contribution in [3.63, 3.8) is 0 Å². The zero-order valence-corrected chi connectivity index (χ0v) is 9.04. The summed E-state index contributed by atoms with van der Waals surface area (Å²) in [5.41, 5.74) is 4.77. The number of H-pyrrole nitrogens is 1. The van der Waals surface area contributed by atoms with E-state index >= 15 is 0 Å². The van der Waals surface area contributed by atoms with Crippen molar-refractivity contribution < 1.29 is 0 Å². The van der Waals surface area contributed by atoms with E-state index in [4.69, 9.17) is 0 Å². The van der Waals surface area contributed by atoms with Crippen LogP contribution in [0.15, 0.2) is 30.6 Å². The first-order chi connectivity index (χ1) is 7.31. The van der Waals surface area contributed by atoms with E-state index < -0.39 is 0 Å². The van der Waals surface area contributed by atoms with E-state index in [-0.39, 0.29) is 0 Å². The van der Waals surface area contributed by atoms with Crippen molar-refractivity contribution in [3.05, 3.63) is 41.9 Å². The van der Waals surface area contributed by atoms with Crippen molar-refractivity contribution in [1.82, 2.24) is 15.3 Å². The highest BCUT2D eigenvalue weighted by molar-refractivity contribution is 5.60. The fourth-order valence-electron chi connectivity index (χ4n) is 1.65. The Labute approximate surface area is 89.6 Å². The smallest absolute Gasteiger partial charge is 0.0474 e. The van der Waals surface area contributed by atoms with Gasteiger partial charge in [0.15, 0.2) is 0 Å². The van der Waals surface area contributed by atoms with Gasteiger partial charge < -0.3 is 10.3 Å². The average molecular weight is 201 g/mol. The molecule has 0 fully saturated rings. The summed E-state index contributed by atoms with van der Waals surface area (Å²) in [6.45, 7) is 2.98. The molecule has 0 aliphatic rings. The number of aryl methyl sites for hydroxylation is 1. The molecule has 0 radical (unpaired) electrons. The molecule has 0 aliphatic carbocycles. The lowest BCUT2D eigenvalue weighted by atomic mass is 10.2. The maximum Gasteiger partial charge on any atom is 0.0474 e. The first kappa shape index (κ1) is 9.93. The second-order valence-electron chi connectivity index (χ2n) is 3.61. The lowest BCUT2D eigenvalue weighted by Gasteiger charge is -1.95. The SMILES string of the molecule is CNCc1cc(-c2cccnc2)[nH]c1C. The summed E-state index contributed by atoms with van der Waals surface area (Å²) in [6, 6.07) is 6.17. The van der Waals surface area contributed by atoms with Gasteiger partial charge in [0.25, 0.3) is 0 Å². The molecule has 0 saturated heterocycles. The van der Waals surface area contributed by atoms with Crippen LogP contribution in [0, 0.1) is 6.92 Å². The van der Waals surface area contributed by atoms with Crippen LogP contribution in [-0.4, -0.2) is 17.0 Å². The second-order valence-corrected chi connectivity index (χ2v) is 3.61. The minimum atomic E-state index is 0.891. The van der Waals surface area contributed by atoms with Gasteiger partial charge in [-0.3, -0.25) is 4.98 Å². The highest BCUT2D eigenvalue weighted by atomic mass is 14.8. The number of aromatic nitrogens is 2. The molecule has 0 spiro atoms. The van der Waals surface area contributed by atoms with Crippen LogP contribution in [0.4, 0.5) is 0 Å². The third-order valence-corrected chi connectivity index (χ3v) is 2.46. The Morgan fingerprint density at radius 1 is 1.47 bits per heavy atom. The van der Waals surface area contributed by atoms with Gasteiger partial charge >= 0.3 is 0 Å². The van der Waals surface area contributed by atoms with Gasteiger partial charge in [-0.05, 0) is 37.7 Å². The Hall–Kier alpha value is -1.61. The minimum Gasteiger partial charge on any atom is -0.358 e. The largest absolute Gasteiger partial charge is 0.358 e. The van der Waals surface area contributed by atoms with Gasteiger partial charge in [0, 0.05) is 35.9 Å². The quantitative estimate of drug-likeness (QED) is 0.798. The summed E-state index contributed by atoms with van der Waals surface area (Å²) in [5, 5.41) is 3.15. The van der Waals surface area contributed by atoms with E-state index in [9.17, 15) is 0 Å². The lowest BCUT2D eigenvalue weighted by molar-refractivity contribution is 0.812. The van der Waals surface area contributed by atoms with Crippen molar-refractivity contribution in [3.8, 4) is 11.3 Å². The maximum atomic E-state index is 4.11. The van der Waals surface area contributed by atoms with Gasteiger partial charge in [-0.25, -0.2) is 0 Å². The zero-order valence-electron chi connectivity index (χ0n) is 9.04. The van der Waals surface area contributed by atoms with Crippen LogP contribution < -0.4 is 5.32 Å². The third kappa shape index (κ3) is 2.07. The van der Waals surface area contributed by atoms with Crippen LogP contribution in [0.25, 0.3) is 11.3 Å². The van der Waals surface area contributed by atoms with Gasteiger partial charge in [-0.15, -0.1) is 0 Å². The van der Waals surface area contributed by atoms with E-state index in [2.05, 4.69) is 34.3 Å². The Kier molecular flexibility index (Phi) is 2.83. The van der Waals surface area contributed by atoms with Crippen molar-refractivity contribution in [1.29, 1.82) is 0 Å². The maximum absolute atomic E-state index is 4.11. The van der Waals surface area contributed by atoms with Gasteiger partial charge in [0.1, 0.15) is 0 Å². The van der Waals surface area contributed by atoms with Crippen LogP contribution >= 0.6 is 0 Å². The number of nitrogens with zero attached hydrogens (tertiary/aromatic N) is 1. The van der Waals surface area contributed by atoms with Gasteiger partial charge in [0.2, 0.25) is 0 Å². The van der Waals surface area contributed by atoms with E-state index in [0.29, 0.717) is 0 Å². The van der Waals surface area contributed by atoms with E-state index in [0.717, 1.165) is 17.8 Å². The molecule has 15 heavy (non-hydrogen) atoms. The standard InChI is InChI=1S/C12H15N3/c1-9-11(7-13-2)6-12(15-9)10-4-3-5-14-8-10/h3-6,8,13,15H,7H2,1-2H3. The molecule has 78 valence electrons. The minimum absolute atomic E-state index is 0.891. The molecule has 3 heteroatoms. The molecule has 0 saturated carbocycles. The molecule has 2 heterocycles. The number of aromatic amines is 1. The van der Waals surface area contributed by atoms with Gasteiger partial charge in [0.05, 0.1) is 0 Å². The fraction of sp³-hybridized carbons (Fsp3) is 0.250. The topological polar surface area (TPSA) is 40.7 Å². The predicted octanol–water partition coefficient (Wildman–Crippen LogP) is 2.10. The van der Waals surface area contributed by atoms with Crippen LogP contribution in [0.3, 0.4) is 0 Å². The average Bonchev–Trinajstić information content (AvgIpc) is 2.63. The molecule has 0 atom stereocenters. The van der Waals surface area contributed by atoms with Crippen LogP contribution in [0.1, 0.15) is 11.3 Å². The van der Waals surface area contributed by atoms with E-state index in [1.807, 2.05) is 19.3 Å². The summed E-state index contributed by atoms with van der Waals surface area (Å²) in [5.74, 6) is 0. The van der Waals surface area contributed by atoms with Crippen LogP contribution in [0.5, 0.6) is 0 Å². The Morgan fingerprint density at radius 3 is 3.00 bits per heavy atom. The predicted molar refractivity (Wildman–Crippen MR) is 61.5 cm³/mol. The summed E-state index contributed by atoms with van der Waals surface area (Å²) >= 11 is 0. The highest BCUT2D eigenvalue weighted by Crippen LogP contribution is 2.20. The molecular formula is C12H15N3. The molecule has 2 aromatic rings. The first-order valence-electron chi connectivity index (χ1n) is 5.04. The van der Waals surface area contributed by atoms with Crippen molar-refractivity contribution in [2.45, 2.75) is 13.5 Å². The molecule has 2 rings (SSSR count). The molecule has 3 nitrogen and oxygen atoms in total. The molecule has 2 aromatic heterocycles. The van der Waals surface area contributed by atoms with E-state index in [1.54, 1.807) is 6.20 Å². The number of hydrogen-bond acceptors (Lipinski definition) is 2. The molecular weight excluding hydrogens is 186 g/mol. The third-order valence-electron chi connectivity index (χ3n) is 2.46. The summed E-state index contributed by atoms with van der Waals surface area (Å²) in [4.78, 5) is 7.48. The van der Waals surface area contributed by atoms with E-state index in [1.165, 1.54) is 11.3 Å². The summed E-state index contributed by atoms with van der Waals surface area (Å²) < 4.78 is 0.